The monoisotopic (exact) mass is 285 g/mol. The molecule has 0 aliphatic rings. The highest BCUT2D eigenvalue weighted by Crippen LogP contribution is 2.31. The molecule has 0 unspecified atom stereocenters. The van der Waals surface area contributed by atoms with E-state index in [1.54, 1.807) is 7.11 Å². The summed E-state index contributed by atoms with van der Waals surface area (Å²) in [6.07, 6.45) is 2.98. The van der Waals surface area contributed by atoms with E-state index in [4.69, 9.17) is 4.74 Å². The maximum Gasteiger partial charge on any atom is 0.142 e. The molecule has 0 atom stereocenters. The summed E-state index contributed by atoms with van der Waals surface area (Å²) in [5, 5.41) is 3.37. The summed E-state index contributed by atoms with van der Waals surface area (Å²) in [6, 6.07) is 12.1. The molecule has 0 fully saturated rings. The molecule has 0 radical (unpaired) electrons. The van der Waals surface area contributed by atoms with Gasteiger partial charge in [-0.15, -0.1) is 0 Å². The highest BCUT2D eigenvalue weighted by atomic mass is 16.5. The van der Waals surface area contributed by atoms with Gasteiger partial charge in [-0.25, -0.2) is 0 Å². The predicted octanol–water partition coefficient (Wildman–Crippen LogP) is 3.36. The first-order chi connectivity index (χ1) is 10.3. The van der Waals surface area contributed by atoms with Gasteiger partial charge in [0.2, 0.25) is 0 Å². The van der Waals surface area contributed by atoms with E-state index in [1.165, 1.54) is 0 Å². The third-order valence-electron chi connectivity index (χ3n) is 3.37. The molecule has 4 heteroatoms. The van der Waals surface area contributed by atoms with Gasteiger partial charge in [0.05, 0.1) is 18.5 Å². The lowest BCUT2D eigenvalue weighted by Gasteiger charge is -2.22. The number of nitrogens with one attached hydrogen (secondary N) is 1. The van der Waals surface area contributed by atoms with E-state index in [0.717, 1.165) is 42.3 Å². The minimum Gasteiger partial charge on any atom is -0.495 e. The van der Waals surface area contributed by atoms with Crippen LogP contribution in [0.2, 0.25) is 0 Å². The fourth-order valence-corrected chi connectivity index (χ4v) is 2.21. The number of pyridine rings is 1. The quantitative estimate of drug-likeness (QED) is 0.792. The molecule has 2 aromatic rings. The average molecular weight is 285 g/mol. The van der Waals surface area contributed by atoms with Gasteiger partial charge < -0.3 is 15.0 Å². The summed E-state index contributed by atoms with van der Waals surface area (Å²) in [4.78, 5) is 6.52. The number of anilines is 2. The Morgan fingerprint density at radius 2 is 2.05 bits per heavy atom. The van der Waals surface area contributed by atoms with E-state index in [0.29, 0.717) is 0 Å². The van der Waals surface area contributed by atoms with Gasteiger partial charge in [-0.2, -0.15) is 0 Å². The minimum atomic E-state index is 0.793. The zero-order valence-electron chi connectivity index (χ0n) is 13.0. The Labute approximate surface area is 126 Å². The van der Waals surface area contributed by atoms with Crippen molar-refractivity contribution in [2.24, 2.45) is 0 Å². The molecule has 4 nitrogen and oxygen atoms in total. The fraction of sp³-hybridized carbons (Fsp3) is 0.353. The standard InChI is InChI=1S/C17H23N3O/c1-4-10-18-13-14-12-15(9-11-19-14)20(2)16-7-5-6-8-17(16)21-3/h5-9,11-12,18H,4,10,13H2,1-3H3. The number of hydrogen-bond donors (Lipinski definition) is 1. The SMILES string of the molecule is CCCNCc1cc(N(C)c2ccccc2OC)ccn1. The largest absolute Gasteiger partial charge is 0.495 e. The van der Waals surface area contributed by atoms with Crippen LogP contribution >= 0.6 is 0 Å². The van der Waals surface area contributed by atoms with Gasteiger partial charge in [0.1, 0.15) is 5.75 Å². The minimum absolute atomic E-state index is 0.793. The lowest BCUT2D eigenvalue weighted by molar-refractivity contribution is 0.415. The summed E-state index contributed by atoms with van der Waals surface area (Å²) in [5.41, 5.74) is 3.18. The first-order valence-electron chi connectivity index (χ1n) is 7.28. The van der Waals surface area contributed by atoms with Gasteiger partial charge in [0, 0.05) is 25.5 Å². The zero-order valence-corrected chi connectivity index (χ0v) is 13.0. The molecule has 21 heavy (non-hydrogen) atoms. The number of nitrogens with zero attached hydrogens (tertiary/aromatic N) is 2. The molecule has 2 rings (SSSR count). The van der Waals surface area contributed by atoms with E-state index in [9.17, 15) is 0 Å². The van der Waals surface area contributed by atoms with Crippen molar-refractivity contribution in [2.75, 3.05) is 25.6 Å². The summed E-state index contributed by atoms with van der Waals surface area (Å²) >= 11 is 0. The van der Waals surface area contributed by atoms with Crippen molar-refractivity contribution in [1.82, 2.24) is 10.3 Å². The van der Waals surface area contributed by atoms with Crippen LogP contribution in [-0.2, 0) is 6.54 Å². The van der Waals surface area contributed by atoms with Crippen molar-refractivity contribution >= 4 is 11.4 Å². The zero-order chi connectivity index (χ0) is 15.1. The maximum absolute atomic E-state index is 5.43. The molecule has 0 aliphatic heterocycles. The number of benzene rings is 1. The van der Waals surface area contributed by atoms with Crippen LogP contribution in [0, 0.1) is 0 Å². The molecule has 1 aromatic heterocycles. The van der Waals surface area contributed by atoms with E-state index in [-0.39, 0.29) is 0 Å². The first kappa shape index (κ1) is 15.3. The van der Waals surface area contributed by atoms with Gasteiger partial charge in [0.15, 0.2) is 0 Å². The van der Waals surface area contributed by atoms with Gasteiger partial charge >= 0.3 is 0 Å². The number of ether oxygens (including phenoxy) is 1. The highest BCUT2D eigenvalue weighted by Gasteiger charge is 2.10. The number of hydrogen-bond acceptors (Lipinski definition) is 4. The Morgan fingerprint density at radius 3 is 2.81 bits per heavy atom. The summed E-state index contributed by atoms with van der Waals surface area (Å²) < 4.78 is 5.43. The predicted molar refractivity (Wildman–Crippen MR) is 87.3 cm³/mol. The van der Waals surface area contributed by atoms with Crippen LogP contribution in [0.4, 0.5) is 11.4 Å². The highest BCUT2D eigenvalue weighted by molar-refractivity contribution is 5.68. The third kappa shape index (κ3) is 3.95. The second-order valence-electron chi connectivity index (χ2n) is 4.91. The molecule has 0 saturated carbocycles. The molecule has 0 spiro atoms. The van der Waals surface area contributed by atoms with Crippen LogP contribution < -0.4 is 15.0 Å². The number of rotatable bonds is 7. The van der Waals surface area contributed by atoms with Crippen LogP contribution in [0.3, 0.4) is 0 Å². The van der Waals surface area contributed by atoms with Gasteiger partial charge in [0.25, 0.3) is 0 Å². The van der Waals surface area contributed by atoms with Crippen LogP contribution in [0.25, 0.3) is 0 Å². The van der Waals surface area contributed by atoms with E-state index in [1.807, 2.05) is 43.6 Å². The summed E-state index contributed by atoms with van der Waals surface area (Å²) in [6.45, 7) is 3.96. The van der Waals surface area contributed by atoms with Crippen LogP contribution in [-0.4, -0.2) is 25.7 Å². The Kier molecular flexibility index (Phi) is 5.58. The Bertz CT molecular complexity index is 571. The lowest BCUT2D eigenvalue weighted by atomic mass is 10.2. The summed E-state index contributed by atoms with van der Waals surface area (Å²) in [5.74, 6) is 0.863. The average Bonchev–Trinajstić information content (AvgIpc) is 2.54. The van der Waals surface area contributed by atoms with Crippen LogP contribution in [0.1, 0.15) is 19.0 Å². The normalized spacial score (nSPS) is 10.4. The lowest BCUT2D eigenvalue weighted by Crippen LogP contribution is -2.16. The van der Waals surface area contributed by atoms with Crippen LogP contribution in [0.15, 0.2) is 42.6 Å². The second-order valence-corrected chi connectivity index (χ2v) is 4.91. The molecule has 0 amide bonds. The number of methoxy groups -OCH3 is 1. The Morgan fingerprint density at radius 1 is 1.24 bits per heavy atom. The van der Waals surface area contributed by atoms with E-state index < -0.39 is 0 Å². The van der Waals surface area contributed by atoms with Crippen LogP contribution in [0.5, 0.6) is 5.75 Å². The van der Waals surface area contributed by atoms with Crippen molar-refractivity contribution in [3.8, 4) is 5.75 Å². The van der Waals surface area contributed by atoms with Crippen molar-refractivity contribution in [1.29, 1.82) is 0 Å². The molecule has 0 saturated heterocycles. The molecule has 112 valence electrons. The fourth-order valence-electron chi connectivity index (χ4n) is 2.21. The topological polar surface area (TPSA) is 37.4 Å². The van der Waals surface area contributed by atoms with E-state index in [2.05, 4.69) is 28.2 Å². The van der Waals surface area contributed by atoms with Gasteiger partial charge in [-0.05, 0) is 37.2 Å². The Balaban J connectivity index is 2.18. The molecular formula is C17H23N3O. The Hall–Kier alpha value is -2.07. The molecule has 1 heterocycles. The van der Waals surface area contributed by atoms with Crippen molar-refractivity contribution in [3.05, 3.63) is 48.3 Å². The van der Waals surface area contributed by atoms with Crippen molar-refractivity contribution in [2.45, 2.75) is 19.9 Å². The number of para-hydroxylation sites is 2. The second kappa shape index (κ2) is 7.64. The molecule has 1 aromatic carbocycles. The molecular weight excluding hydrogens is 262 g/mol. The van der Waals surface area contributed by atoms with Gasteiger partial charge in [-0.3, -0.25) is 4.98 Å². The van der Waals surface area contributed by atoms with Crippen molar-refractivity contribution in [3.63, 3.8) is 0 Å². The van der Waals surface area contributed by atoms with Gasteiger partial charge in [-0.1, -0.05) is 19.1 Å². The first-order valence-corrected chi connectivity index (χ1v) is 7.28. The van der Waals surface area contributed by atoms with E-state index >= 15 is 0 Å². The molecule has 0 bridgehead atoms. The van der Waals surface area contributed by atoms with Crippen molar-refractivity contribution < 1.29 is 4.74 Å². The smallest absolute Gasteiger partial charge is 0.142 e. The molecule has 1 N–H and O–H groups in total. The maximum atomic E-state index is 5.43. The molecule has 0 aliphatic carbocycles. The number of aromatic nitrogens is 1. The summed E-state index contributed by atoms with van der Waals surface area (Å²) in [7, 11) is 3.73. The third-order valence-corrected chi connectivity index (χ3v) is 3.37.